The molecule has 0 radical (unpaired) electrons. The molecule has 0 spiro atoms. The standard InChI is InChI=1S/C13H12BrN3O3S/c14-11-5-4-10(21-11)13(18)16-8-2-1-3-9(6-8)20-7-12(15)17-19/h1-6,19H,7H2,(H2,15,17)(H,16,18). The number of carbonyl (C=O) groups is 1. The minimum absolute atomic E-state index is 0.0344. The maximum absolute atomic E-state index is 12.0. The van der Waals surface area contributed by atoms with Crippen molar-refractivity contribution in [2.75, 3.05) is 11.9 Å². The van der Waals surface area contributed by atoms with Gasteiger partial charge in [0.25, 0.3) is 5.91 Å². The summed E-state index contributed by atoms with van der Waals surface area (Å²) in [6.45, 7) is -0.0359. The highest BCUT2D eigenvalue weighted by Gasteiger charge is 2.09. The van der Waals surface area contributed by atoms with Gasteiger partial charge >= 0.3 is 0 Å². The number of rotatable bonds is 5. The minimum Gasteiger partial charge on any atom is -0.485 e. The Bertz CT molecular complexity index is 672. The van der Waals surface area contributed by atoms with E-state index in [1.54, 1.807) is 30.3 Å². The fraction of sp³-hybridized carbons (Fsp3) is 0.0769. The molecule has 0 aliphatic carbocycles. The van der Waals surface area contributed by atoms with E-state index < -0.39 is 0 Å². The first-order valence-corrected chi connectivity index (χ1v) is 7.45. The molecule has 0 aliphatic rings. The summed E-state index contributed by atoms with van der Waals surface area (Å²) in [5.41, 5.74) is 5.92. The van der Waals surface area contributed by atoms with E-state index in [-0.39, 0.29) is 18.3 Å². The van der Waals surface area contributed by atoms with Crippen molar-refractivity contribution in [2.45, 2.75) is 0 Å². The van der Waals surface area contributed by atoms with Gasteiger partial charge in [-0.25, -0.2) is 0 Å². The molecule has 21 heavy (non-hydrogen) atoms. The van der Waals surface area contributed by atoms with Crippen LogP contribution in [0.2, 0.25) is 0 Å². The van der Waals surface area contributed by atoms with Crippen molar-refractivity contribution in [3.8, 4) is 5.75 Å². The van der Waals surface area contributed by atoms with Crippen molar-refractivity contribution in [2.24, 2.45) is 10.9 Å². The summed E-state index contributed by atoms with van der Waals surface area (Å²) in [5.74, 6) is 0.277. The second-order valence-electron chi connectivity index (χ2n) is 3.97. The Morgan fingerprint density at radius 3 is 2.90 bits per heavy atom. The van der Waals surface area contributed by atoms with Gasteiger partial charge in [0.05, 0.1) is 8.66 Å². The van der Waals surface area contributed by atoms with Crippen LogP contribution in [0.4, 0.5) is 5.69 Å². The van der Waals surface area contributed by atoms with Crippen molar-refractivity contribution in [1.82, 2.24) is 0 Å². The molecule has 0 atom stereocenters. The van der Waals surface area contributed by atoms with Crippen LogP contribution in [0.25, 0.3) is 0 Å². The second kappa shape index (κ2) is 7.09. The Morgan fingerprint density at radius 2 is 2.24 bits per heavy atom. The zero-order valence-electron chi connectivity index (χ0n) is 10.7. The van der Waals surface area contributed by atoms with Crippen LogP contribution in [0.15, 0.2) is 45.3 Å². The van der Waals surface area contributed by atoms with Crippen molar-refractivity contribution in [3.05, 3.63) is 45.1 Å². The van der Waals surface area contributed by atoms with E-state index in [0.717, 1.165) is 3.79 Å². The molecule has 0 saturated heterocycles. The predicted molar refractivity (Wildman–Crippen MR) is 85.3 cm³/mol. The number of halogens is 1. The van der Waals surface area contributed by atoms with Crippen molar-refractivity contribution < 1.29 is 14.7 Å². The number of nitrogens with two attached hydrogens (primary N) is 1. The lowest BCUT2D eigenvalue weighted by molar-refractivity contribution is 0.103. The van der Waals surface area contributed by atoms with Crippen molar-refractivity contribution in [3.63, 3.8) is 0 Å². The molecule has 4 N–H and O–H groups in total. The third kappa shape index (κ3) is 4.47. The smallest absolute Gasteiger partial charge is 0.265 e. The van der Waals surface area contributed by atoms with Gasteiger partial charge in [-0.15, -0.1) is 11.3 Å². The van der Waals surface area contributed by atoms with Gasteiger partial charge in [-0.05, 0) is 40.2 Å². The van der Waals surface area contributed by atoms with Crippen molar-refractivity contribution >= 4 is 44.7 Å². The van der Waals surface area contributed by atoms with Gasteiger partial charge in [0.15, 0.2) is 5.84 Å². The summed E-state index contributed by atoms with van der Waals surface area (Å²) < 4.78 is 6.21. The topological polar surface area (TPSA) is 96.9 Å². The van der Waals surface area contributed by atoms with E-state index in [2.05, 4.69) is 26.4 Å². The van der Waals surface area contributed by atoms with Crippen LogP contribution in [-0.4, -0.2) is 23.6 Å². The number of nitrogens with one attached hydrogen (secondary N) is 1. The quantitative estimate of drug-likeness (QED) is 0.326. The molecular weight excluding hydrogens is 358 g/mol. The van der Waals surface area contributed by atoms with E-state index in [1.807, 2.05) is 6.07 Å². The first-order valence-electron chi connectivity index (χ1n) is 5.84. The number of nitrogens with zero attached hydrogens (tertiary/aromatic N) is 1. The largest absolute Gasteiger partial charge is 0.485 e. The molecule has 6 nitrogen and oxygen atoms in total. The summed E-state index contributed by atoms with van der Waals surface area (Å²) in [5, 5.41) is 14.0. The van der Waals surface area contributed by atoms with Crippen molar-refractivity contribution in [1.29, 1.82) is 0 Å². The number of ether oxygens (including phenoxy) is 1. The van der Waals surface area contributed by atoms with E-state index >= 15 is 0 Å². The lowest BCUT2D eigenvalue weighted by Crippen LogP contribution is -2.20. The van der Waals surface area contributed by atoms with Gasteiger partial charge in [-0.3, -0.25) is 4.79 Å². The number of thiophene rings is 1. The van der Waals surface area contributed by atoms with Gasteiger partial charge < -0.3 is 21.0 Å². The Hall–Kier alpha value is -2.06. The number of amidine groups is 1. The molecule has 8 heteroatoms. The first-order chi connectivity index (χ1) is 10.1. The molecule has 0 saturated carbocycles. The molecular formula is C13H12BrN3O3S. The summed E-state index contributed by atoms with van der Waals surface area (Å²) in [4.78, 5) is 12.6. The molecule has 1 aromatic heterocycles. The second-order valence-corrected chi connectivity index (χ2v) is 6.43. The summed E-state index contributed by atoms with van der Waals surface area (Å²) in [6, 6.07) is 10.4. The molecule has 110 valence electrons. The van der Waals surface area contributed by atoms with Gasteiger partial charge in [0.2, 0.25) is 0 Å². The van der Waals surface area contributed by atoms with Gasteiger partial charge in [0, 0.05) is 11.8 Å². The molecule has 0 aliphatic heterocycles. The van der Waals surface area contributed by atoms with Crippen LogP contribution in [0.5, 0.6) is 5.75 Å². The van der Waals surface area contributed by atoms with E-state index in [1.165, 1.54) is 11.3 Å². The average molecular weight is 370 g/mol. The van der Waals surface area contributed by atoms with Crippen LogP contribution < -0.4 is 15.8 Å². The number of carbonyl (C=O) groups excluding carboxylic acids is 1. The van der Waals surface area contributed by atoms with E-state index in [4.69, 9.17) is 15.7 Å². The van der Waals surface area contributed by atoms with Gasteiger partial charge in [-0.1, -0.05) is 11.2 Å². The van der Waals surface area contributed by atoms with Crippen LogP contribution in [0.1, 0.15) is 9.67 Å². The van der Waals surface area contributed by atoms with Gasteiger partial charge in [-0.2, -0.15) is 0 Å². The van der Waals surface area contributed by atoms with Crippen LogP contribution >= 0.6 is 27.3 Å². The molecule has 1 aromatic carbocycles. The van der Waals surface area contributed by atoms with E-state index in [9.17, 15) is 4.79 Å². The number of hydrogen-bond acceptors (Lipinski definition) is 5. The molecule has 2 rings (SSSR count). The average Bonchev–Trinajstić information content (AvgIpc) is 2.92. The highest BCUT2D eigenvalue weighted by molar-refractivity contribution is 9.11. The van der Waals surface area contributed by atoms with Crippen LogP contribution in [0, 0.1) is 0 Å². The molecule has 0 unspecified atom stereocenters. The Balaban J connectivity index is 2.02. The highest BCUT2D eigenvalue weighted by Crippen LogP contribution is 2.24. The Labute approximate surface area is 133 Å². The molecule has 1 amide bonds. The maximum Gasteiger partial charge on any atom is 0.265 e. The lowest BCUT2D eigenvalue weighted by Gasteiger charge is -2.08. The number of benzene rings is 1. The number of oxime groups is 1. The zero-order valence-corrected chi connectivity index (χ0v) is 13.1. The fourth-order valence-electron chi connectivity index (χ4n) is 1.48. The maximum atomic E-state index is 12.0. The van der Waals surface area contributed by atoms with Crippen LogP contribution in [0.3, 0.4) is 0 Å². The molecule has 0 fully saturated rings. The molecule has 1 heterocycles. The molecule has 0 bridgehead atoms. The number of hydrogen-bond donors (Lipinski definition) is 3. The monoisotopic (exact) mass is 369 g/mol. The lowest BCUT2D eigenvalue weighted by atomic mass is 10.3. The molecule has 2 aromatic rings. The van der Waals surface area contributed by atoms with Crippen LogP contribution in [-0.2, 0) is 0 Å². The Morgan fingerprint density at radius 1 is 1.43 bits per heavy atom. The Kier molecular flexibility index (Phi) is 5.18. The van der Waals surface area contributed by atoms with Gasteiger partial charge in [0.1, 0.15) is 12.4 Å². The third-order valence-corrected chi connectivity index (χ3v) is 4.03. The predicted octanol–water partition coefficient (Wildman–Crippen LogP) is 2.89. The fourth-order valence-corrected chi connectivity index (χ4v) is 2.76. The summed E-state index contributed by atoms with van der Waals surface area (Å²) in [7, 11) is 0. The van der Waals surface area contributed by atoms with E-state index in [0.29, 0.717) is 16.3 Å². The minimum atomic E-state index is -0.195. The number of anilines is 1. The summed E-state index contributed by atoms with van der Waals surface area (Å²) >= 11 is 4.66. The third-order valence-electron chi connectivity index (χ3n) is 2.40. The zero-order chi connectivity index (χ0) is 15.2. The number of amides is 1. The summed E-state index contributed by atoms with van der Waals surface area (Å²) in [6.07, 6.45) is 0. The SMILES string of the molecule is N/C(COc1cccc(NC(=O)c2ccc(Br)s2)c1)=N\O. The first kappa shape index (κ1) is 15.3. The normalized spacial score (nSPS) is 11.2. The highest BCUT2D eigenvalue weighted by atomic mass is 79.9.